The van der Waals surface area contributed by atoms with Gasteiger partial charge in [-0.15, -0.1) is 0 Å². The zero-order valence-corrected chi connectivity index (χ0v) is 25.7. The Morgan fingerprint density at radius 3 is 1.27 bits per heavy atom. The second-order valence-corrected chi connectivity index (χ2v) is 9.88. The van der Waals surface area contributed by atoms with E-state index in [0.717, 1.165) is 36.1 Å². The molecule has 0 atom stereocenters. The number of aryl methyl sites for hydroxylation is 2. The average molecular weight is 606 g/mol. The van der Waals surface area contributed by atoms with E-state index in [1.54, 1.807) is 12.4 Å². The molecule has 0 saturated heterocycles. The normalized spacial score (nSPS) is 10.6. The molecule has 3 rings (SSSR count). The smallest absolute Gasteiger partial charge is 0.550 e. The maximum absolute atomic E-state index is 10.7. The molecule has 0 aromatic heterocycles. The molecule has 221 valence electrons. The van der Waals surface area contributed by atoms with Crippen molar-refractivity contribution >= 4 is 35.7 Å². The first-order chi connectivity index (χ1) is 18.6. The number of aliphatic carboxylic acids is 2. The number of carboxylic acid groups (broad SMARTS) is 2. The molecular weight excluding hydrogens is 567 g/mol. The van der Waals surface area contributed by atoms with Gasteiger partial charge in [0.15, 0.2) is 0 Å². The summed E-state index contributed by atoms with van der Waals surface area (Å²) in [6.45, 7) is 14.2. The molecule has 0 fully saturated rings. The maximum Gasteiger partial charge on any atom is 2.00 e. The standard InChI is InChI=1S/C28H32N2O2.2C2H4O2.Co/c1-17(2)23-13-19(5)11-21(27(23)31)15-29-25-9-7-8-10-26(25)30-16-22-12-20(6)14-24(18(3)4)28(22)32;2*1-2(3)4;/h7-18,31-32H,1-6H3;2*1H3,(H,3,4);/q;;;+2/p-2. The van der Waals surface area contributed by atoms with Gasteiger partial charge in [-0.2, -0.15) is 0 Å². The number of para-hydroxylation sites is 2. The molecule has 0 bridgehead atoms. The molecule has 2 N–H and O–H groups in total. The second kappa shape index (κ2) is 17.7. The molecule has 0 spiro atoms. The summed E-state index contributed by atoms with van der Waals surface area (Å²) in [6, 6.07) is 15.4. The van der Waals surface area contributed by atoms with Gasteiger partial charge in [0.1, 0.15) is 11.5 Å². The van der Waals surface area contributed by atoms with Crippen LogP contribution in [0.5, 0.6) is 11.5 Å². The summed E-state index contributed by atoms with van der Waals surface area (Å²) in [6.07, 6.45) is 3.37. The maximum atomic E-state index is 10.7. The quantitative estimate of drug-likeness (QED) is 0.380. The first-order valence-corrected chi connectivity index (χ1v) is 12.8. The van der Waals surface area contributed by atoms with E-state index in [0.29, 0.717) is 22.5 Å². The number of phenols is 2. The van der Waals surface area contributed by atoms with Crippen LogP contribution >= 0.6 is 0 Å². The third kappa shape index (κ3) is 12.8. The number of rotatable bonds is 6. The number of carbonyl (C=O) groups excluding carboxylic acids is 2. The predicted octanol–water partition coefficient (Wildman–Crippen LogP) is 4.97. The van der Waals surface area contributed by atoms with Crippen molar-refractivity contribution in [2.75, 3.05) is 0 Å². The molecule has 0 aliphatic heterocycles. The van der Waals surface area contributed by atoms with Crippen LogP contribution in [0.25, 0.3) is 0 Å². The third-order valence-electron chi connectivity index (χ3n) is 5.44. The minimum Gasteiger partial charge on any atom is -0.550 e. The molecule has 0 amide bonds. The zero-order valence-electron chi connectivity index (χ0n) is 24.7. The summed E-state index contributed by atoms with van der Waals surface area (Å²) in [5.74, 6) is -1.20. The van der Waals surface area contributed by atoms with Crippen LogP contribution in [0.4, 0.5) is 11.4 Å². The average Bonchev–Trinajstić information content (AvgIpc) is 2.84. The minimum atomic E-state index is -1.08. The van der Waals surface area contributed by atoms with Crippen LogP contribution in [0.3, 0.4) is 0 Å². The molecule has 0 heterocycles. The van der Waals surface area contributed by atoms with Gasteiger partial charge in [0.25, 0.3) is 0 Å². The molecule has 41 heavy (non-hydrogen) atoms. The van der Waals surface area contributed by atoms with E-state index in [1.165, 1.54) is 0 Å². The Bertz CT molecular complexity index is 1270. The van der Waals surface area contributed by atoms with Crippen molar-refractivity contribution in [3.63, 3.8) is 0 Å². The SMILES string of the molecule is CC(=O)[O-].CC(=O)[O-].Cc1cc(C=Nc2ccccc2N=Cc2cc(C)cc(C(C)C)c2O)c(O)c(C(C)C)c1.[Co+2]. The van der Waals surface area contributed by atoms with Crippen molar-refractivity contribution in [3.05, 3.63) is 81.9 Å². The van der Waals surface area contributed by atoms with E-state index in [9.17, 15) is 10.2 Å². The van der Waals surface area contributed by atoms with E-state index in [2.05, 4.69) is 37.7 Å². The summed E-state index contributed by atoms with van der Waals surface area (Å²) in [5, 5.41) is 39.1. The number of benzene rings is 3. The number of carbonyl (C=O) groups is 2. The van der Waals surface area contributed by atoms with Crippen LogP contribution in [-0.2, 0) is 26.4 Å². The summed E-state index contributed by atoms with van der Waals surface area (Å²) in [5.41, 5.74) is 6.72. The largest absolute Gasteiger partial charge is 2.00 e. The van der Waals surface area contributed by atoms with Gasteiger partial charge in [-0.1, -0.05) is 52.0 Å². The monoisotopic (exact) mass is 605 g/mol. The van der Waals surface area contributed by atoms with E-state index in [-0.39, 0.29) is 40.1 Å². The molecule has 0 aliphatic carbocycles. The number of aromatic hydroxyl groups is 2. The van der Waals surface area contributed by atoms with Crippen molar-refractivity contribution in [2.45, 2.75) is 67.2 Å². The fourth-order valence-corrected chi connectivity index (χ4v) is 3.71. The van der Waals surface area contributed by atoms with E-state index < -0.39 is 11.9 Å². The molecule has 3 aromatic carbocycles. The fourth-order valence-electron chi connectivity index (χ4n) is 3.71. The van der Waals surface area contributed by atoms with Gasteiger partial charge in [-0.3, -0.25) is 9.98 Å². The topological polar surface area (TPSA) is 145 Å². The Hall–Kier alpha value is -3.95. The van der Waals surface area contributed by atoms with Crippen molar-refractivity contribution in [1.29, 1.82) is 0 Å². The van der Waals surface area contributed by atoms with Crippen LogP contribution in [0.1, 0.15) is 86.8 Å². The van der Waals surface area contributed by atoms with E-state index in [1.807, 2.05) is 62.4 Å². The van der Waals surface area contributed by atoms with Gasteiger partial charge in [0.2, 0.25) is 0 Å². The Balaban J connectivity index is 0.00000158. The van der Waals surface area contributed by atoms with Crippen LogP contribution < -0.4 is 10.2 Å². The molecular formula is C32H38CoN2O6. The molecule has 0 saturated carbocycles. The first-order valence-electron chi connectivity index (χ1n) is 12.8. The van der Waals surface area contributed by atoms with Gasteiger partial charge in [-0.25, -0.2) is 0 Å². The van der Waals surface area contributed by atoms with Gasteiger partial charge in [-0.05, 0) is 86.1 Å². The Kier molecular flexibility index (Phi) is 16.0. The van der Waals surface area contributed by atoms with E-state index >= 15 is 0 Å². The Morgan fingerprint density at radius 1 is 0.707 bits per heavy atom. The summed E-state index contributed by atoms with van der Waals surface area (Å²) < 4.78 is 0. The third-order valence-corrected chi connectivity index (χ3v) is 5.44. The second-order valence-electron chi connectivity index (χ2n) is 9.88. The molecule has 3 aromatic rings. The number of aliphatic imine (C=N–C) groups is 2. The van der Waals surface area contributed by atoms with Crippen LogP contribution in [0.15, 0.2) is 58.5 Å². The molecule has 0 aliphatic rings. The van der Waals surface area contributed by atoms with Gasteiger partial charge in [0, 0.05) is 35.5 Å². The molecule has 1 radical (unpaired) electrons. The number of nitrogens with zero attached hydrogens (tertiary/aromatic N) is 2. The summed E-state index contributed by atoms with van der Waals surface area (Å²) in [7, 11) is 0. The zero-order chi connectivity index (χ0) is 30.6. The summed E-state index contributed by atoms with van der Waals surface area (Å²) in [4.78, 5) is 27.0. The van der Waals surface area contributed by atoms with Crippen molar-refractivity contribution in [1.82, 2.24) is 0 Å². The van der Waals surface area contributed by atoms with Gasteiger partial charge < -0.3 is 30.0 Å². The number of carboxylic acids is 2. The van der Waals surface area contributed by atoms with Crippen molar-refractivity contribution in [2.24, 2.45) is 9.98 Å². The van der Waals surface area contributed by atoms with Crippen molar-refractivity contribution in [3.8, 4) is 11.5 Å². The molecule has 8 nitrogen and oxygen atoms in total. The fraction of sp³-hybridized carbons (Fsp3) is 0.312. The van der Waals surface area contributed by atoms with Crippen molar-refractivity contribution < 1.29 is 46.8 Å². The minimum absolute atomic E-state index is 0. The Morgan fingerprint density at radius 2 is 1.00 bits per heavy atom. The Labute approximate surface area is 252 Å². The van der Waals surface area contributed by atoms with E-state index in [4.69, 9.17) is 19.8 Å². The van der Waals surface area contributed by atoms with Crippen LogP contribution in [0, 0.1) is 13.8 Å². The first kappa shape index (κ1) is 37.0. The van der Waals surface area contributed by atoms with Crippen LogP contribution in [0.2, 0.25) is 0 Å². The van der Waals surface area contributed by atoms with Gasteiger partial charge >= 0.3 is 16.8 Å². The molecule has 0 unspecified atom stereocenters. The molecule has 9 heteroatoms. The van der Waals surface area contributed by atoms with Crippen LogP contribution in [-0.4, -0.2) is 34.6 Å². The number of hydrogen-bond donors (Lipinski definition) is 2. The predicted molar refractivity (Wildman–Crippen MR) is 156 cm³/mol. The number of hydrogen-bond acceptors (Lipinski definition) is 8. The number of phenolic OH excluding ortho intramolecular Hbond substituents is 2. The van der Waals surface area contributed by atoms with Gasteiger partial charge in [0.05, 0.1) is 11.4 Å². The summed E-state index contributed by atoms with van der Waals surface area (Å²) >= 11 is 0.